The summed E-state index contributed by atoms with van der Waals surface area (Å²) in [5, 5.41) is -0.267. The highest BCUT2D eigenvalue weighted by atomic mass is 32.2. The average molecular weight is 305 g/mol. The Hall–Kier alpha value is -0.170. The van der Waals surface area contributed by atoms with Crippen LogP contribution in [0.4, 0.5) is 0 Å². The molecule has 6 heteroatoms. The van der Waals surface area contributed by atoms with Gasteiger partial charge in [-0.15, -0.1) is 0 Å². The molecule has 1 aliphatic heterocycles. The predicted molar refractivity (Wildman–Crippen MR) is 84.6 cm³/mol. The van der Waals surface area contributed by atoms with Crippen LogP contribution in [-0.2, 0) is 9.84 Å². The summed E-state index contributed by atoms with van der Waals surface area (Å²) in [6.07, 6.45) is 1.11. The summed E-state index contributed by atoms with van der Waals surface area (Å²) >= 11 is 0. The minimum Gasteiger partial charge on any atom is -0.330 e. The molecule has 1 saturated heterocycles. The Labute approximate surface area is 124 Å². The number of rotatable bonds is 7. The zero-order chi connectivity index (χ0) is 15.2. The van der Waals surface area contributed by atoms with Crippen LogP contribution in [0, 0.1) is 5.92 Å². The molecule has 0 bridgehead atoms. The number of sulfone groups is 1. The first-order chi connectivity index (χ1) is 9.35. The van der Waals surface area contributed by atoms with E-state index in [0.717, 1.165) is 45.7 Å². The molecule has 5 nitrogen and oxygen atoms in total. The van der Waals surface area contributed by atoms with Crippen molar-refractivity contribution in [2.24, 2.45) is 11.7 Å². The lowest BCUT2D eigenvalue weighted by molar-refractivity contribution is 0.238. The van der Waals surface area contributed by atoms with Gasteiger partial charge in [0.25, 0.3) is 0 Å². The van der Waals surface area contributed by atoms with Crippen LogP contribution in [0.5, 0.6) is 0 Å². The molecule has 0 radical (unpaired) electrons. The van der Waals surface area contributed by atoms with E-state index in [0.29, 0.717) is 12.5 Å². The molecule has 2 N–H and O–H groups in total. The van der Waals surface area contributed by atoms with Crippen LogP contribution in [0.3, 0.4) is 0 Å². The summed E-state index contributed by atoms with van der Waals surface area (Å²) in [5.41, 5.74) is 5.68. The van der Waals surface area contributed by atoms with Crippen LogP contribution in [-0.4, -0.2) is 75.0 Å². The highest BCUT2D eigenvalue weighted by Crippen LogP contribution is 2.07. The molecule has 1 fully saturated rings. The van der Waals surface area contributed by atoms with Crippen LogP contribution >= 0.6 is 0 Å². The van der Waals surface area contributed by atoms with Crippen LogP contribution in [0.2, 0.25) is 0 Å². The highest BCUT2D eigenvalue weighted by Gasteiger charge is 2.20. The van der Waals surface area contributed by atoms with Gasteiger partial charge in [-0.3, -0.25) is 0 Å². The van der Waals surface area contributed by atoms with Crippen molar-refractivity contribution >= 4 is 9.84 Å². The molecule has 1 unspecified atom stereocenters. The Morgan fingerprint density at radius 1 is 1.05 bits per heavy atom. The molecule has 20 heavy (non-hydrogen) atoms. The summed E-state index contributed by atoms with van der Waals surface area (Å²) in [6, 6.07) is 0. The molecule has 0 amide bonds. The van der Waals surface area contributed by atoms with E-state index in [1.165, 1.54) is 0 Å². The summed E-state index contributed by atoms with van der Waals surface area (Å²) in [5.74, 6) is 0.812. The third-order valence-corrected chi connectivity index (χ3v) is 6.25. The third-order valence-electron chi connectivity index (χ3n) is 4.06. The standard InChI is InChI=1S/C14H31N3O2S/c1-13(2)20(18,19)10-9-16-5-4-6-17(8-7-16)12-14(3)11-15/h13-14H,4-12,15H2,1-3H3. The summed E-state index contributed by atoms with van der Waals surface area (Å²) in [7, 11) is -2.92. The van der Waals surface area contributed by atoms with Gasteiger partial charge in [-0.05, 0) is 45.8 Å². The van der Waals surface area contributed by atoms with E-state index in [9.17, 15) is 8.42 Å². The molecule has 0 aliphatic carbocycles. The molecule has 1 heterocycles. The highest BCUT2D eigenvalue weighted by molar-refractivity contribution is 7.92. The van der Waals surface area contributed by atoms with Crippen molar-refractivity contribution in [2.45, 2.75) is 32.4 Å². The van der Waals surface area contributed by atoms with Crippen molar-refractivity contribution in [3.8, 4) is 0 Å². The Balaban J connectivity index is 2.37. The van der Waals surface area contributed by atoms with Gasteiger partial charge < -0.3 is 15.5 Å². The second-order valence-corrected chi connectivity index (χ2v) is 8.93. The molecule has 120 valence electrons. The van der Waals surface area contributed by atoms with E-state index >= 15 is 0 Å². The zero-order valence-corrected chi connectivity index (χ0v) is 14.0. The van der Waals surface area contributed by atoms with Gasteiger partial charge in [0.05, 0.1) is 11.0 Å². The van der Waals surface area contributed by atoms with Crippen molar-refractivity contribution < 1.29 is 8.42 Å². The number of hydrogen-bond acceptors (Lipinski definition) is 5. The van der Waals surface area contributed by atoms with Gasteiger partial charge in [-0.25, -0.2) is 8.42 Å². The number of nitrogens with zero attached hydrogens (tertiary/aromatic N) is 2. The Morgan fingerprint density at radius 3 is 2.25 bits per heavy atom. The van der Waals surface area contributed by atoms with E-state index < -0.39 is 9.84 Å². The monoisotopic (exact) mass is 305 g/mol. The first-order valence-electron chi connectivity index (χ1n) is 7.71. The van der Waals surface area contributed by atoms with Crippen LogP contribution in [0.25, 0.3) is 0 Å². The predicted octanol–water partition coefficient (Wildman–Crippen LogP) is 0.412. The molecule has 0 spiro atoms. The lowest BCUT2D eigenvalue weighted by Gasteiger charge is -2.24. The van der Waals surface area contributed by atoms with Gasteiger partial charge >= 0.3 is 0 Å². The van der Waals surface area contributed by atoms with Crippen molar-refractivity contribution in [2.75, 3.05) is 51.6 Å². The third kappa shape index (κ3) is 6.08. The van der Waals surface area contributed by atoms with Gasteiger partial charge in [-0.1, -0.05) is 6.92 Å². The lowest BCUT2D eigenvalue weighted by Crippen LogP contribution is -2.37. The van der Waals surface area contributed by atoms with Crippen LogP contribution < -0.4 is 5.73 Å². The van der Waals surface area contributed by atoms with Crippen LogP contribution in [0.15, 0.2) is 0 Å². The smallest absolute Gasteiger partial charge is 0.153 e. The Kier molecular flexibility index (Phi) is 7.43. The first kappa shape index (κ1) is 17.9. The van der Waals surface area contributed by atoms with Gasteiger partial charge in [0.15, 0.2) is 9.84 Å². The van der Waals surface area contributed by atoms with E-state index in [2.05, 4.69) is 16.7 Å². The van der Waals surface area contributed by atoms with E-state index in [1.54, 1.807) is 13.8 Å². The minimum absolute atomic E-state index is 0.267. The summed E-state index contributed by atoms with van der Waals surface area (Å²) in [4.78, 5) is 4.74. The first-order valence-corrected chi connectivity index (χ1v) is 9.43. The van der Waals surface area contributed by atoms with Crippen molar-refractivity contribution in [1.82, 2.24) is 9.80 Å². The summed E-state index contributed by atoms with van der Waals surface area (Å²) < 4.78 is 23.7. The van der Waals surface area contributed by atoms with E-state index in [-0.39, 0.29) is 11.0 Å². The molecular formula is C14H31N3O2S. The molecule has 0 aromatic heterocycles. The van der Waals surface area contributed by atoms with Crippen molar-refractivity contribution in [3.63, 3.8) is 0 Å². The fourth-order valence-electron chi connectivity index (χ4n) is 2.44. The lowest BCUT2D eigenvalue weighted by atomic mass is 10.1. The van der Waals surface area contributed by atoms with E-state index in [1.807, 2.05) is 0 Å². The molecule has 1 atom stereocenters. The van der Waals surface area contributed by atoms with Crippen molar-refractivity contribution in [3.05, 3.63) is 0 Å². The molecule has 0 aromatic carbocycles. The maximum absolute atomic E-state index is 11.9. The SMILES string of the molecule is CC(CN)CN1CCCN(CCS(=O)(=O)C(C)C)CC1. The normalized spacial score (nSPS) is 21.1. The van der Waals surface area contributed by atoms with Gasteiger partial charge in [-0.2, -0.15) is 0 Å². The maximum Gasteiger partial charge on any atom is 0.153 e. The topological polar surface area (TPSA) is 66.6 Å². The number of nitrogens with two attached hydrogens (primary N) is 1. The van der Waals surface area contributed by atoms with Gasteiger partial charge in [0.2, 0.25) is 0 Å². The Morgan fingerprint density at radius 2 is 1.65 bits per heavy atom. The number of hydrogen-bond donors (Lipinski definition) is 1. The molecule has 0 saturated carbocycles. The largest absolute Gasteiger partial charge is 0.330 e. The quantitative estimate of drug-likeness (QED) is 0.738. The van der Waals surface area contributed by atoms with Gasteiger partial charge in [0.1, 0.15) is 0 Å². The van der Waals surface area contributed by atoms with Crippen molar-refractivity contribution in [1.29, 1.82) is 0 Å². The fraction of sp³-hybridized carbons (Fsp3) is 1.00. The van der Waals surface area contributed by atoms with Gasteiger partial charge in [0, 0.05) is 26.2 Å². The maximum atomic E-state index is 11.9. The molecular weight excluding hydrogens is 274 g/mol. The average Bonchev–Trinajstić information content (AvgIpc) is 2.61. The van der Waals surface area contributed by atoms with Crippen LogP contribution in [0.1, 0.15) is 27.2 Å². The molecule has 1 aliphatic rings. The second kappa shape index (κ2) is 8.32. The minimum atomic E-state index is -2.92. The van der Waals surface area contributed by atoms with E-state index in [4.69, 9.17) is 5.73 Å². The second-order valence-electron chi connectivity index (χ2n) is 6.25. The Bertz CT molecular complexity index is 371. The summed E-state index contributed by atoms with van der Waals surface area (Å²) in [6.45, 7) is 12.2. The molecule has 1 rings (SSSR count). The fourth-order valence-corrected chi connectivity index (χ4v) is 3.42. The molecule has 0 aromatic rings. The zero-order valence-electron chi connectivity index (χ0n) is 13.2.